The van der Waals surface area contributed by atoms with Crippen LogP contribution in [0.2, 0.25) is 0 Å². The lowest BCUT2D eigenvalue weighted by molar-refractivity contribution is -0.274. The molecule has 0 amide bonds. The van der Waals surface area contributed by atoms with Gasteiger partial charge in [0.05, 0.1) is 6.54 Å². The molecule has 2 rings (SSSR count). The molecule has 0 unspecified atom stereocenters. The molecule has 0 saturated heterocycles. The second-order valence-corrected chi connectivity index (χ2v) is 5.20. The molecule has 0 spiro atoms. The fraction of sp³-hybridized carbons (Fsp3) is 0.235. The van der Waals surface area contributed by atoms with Crippen LogP contribution in [0.5, 0.6) is 5.75 Å². The number of hydrogen-bond acceptors (Lipinski definition) is 2. The van der Waals surface area contributed by atoms with Crippen LogP contribution in [-0.2, 0) is 13.0 Å². The predicted octanol–water partition coefficient (Wildman–Crippen LogP) is 3.99. The molecule has 9 heteroatoms. The molecule has 0 aliphatic carbocycles. The first kappa shape index (κ1) is 22.0. The Morgan fingerprint density at radius 2 is 1.77 bits per heavy atom. The summed E-state index contributed by atoms with van der Waals surface area (Å²) in [6.07, 6.45) is -4.13. The van der Waals surface area contributed by atoms with Gasteiger partial charge in [0.25, 0.3) is 0 Å². The van der Waals surface area contributed by atoms with E-state index >= 15 is 0 Å². The monoisotopic (exact) mass is 483 g/mol. The minimum absolute atomic E-state index is 0. The highest BCUT2D eigenvalue weighted by Crippen LogP contribution is 2.22. The summed E-state index contributed by atoms with van der Waals surface area (Å²) < 4.78 is 53.0. The topological polar surface area (TPSA) is 59.6 Å². The molecule has 0 aliphatic heterocycles. The van der Waals surface area contributed by atoms with E-state index in [1.165, 1.54) is 36.4 Å². The van der Waals surface area contributed by atoms with Gasteiger partial charge in [0, 0.05) is 6.54 Å². The van der Waals surface area contributed by atoms with Gasteiger partial charge in [0.1, 0.15) is 11.6 Å². The third-order valence-corrected chi connectivity index (χ3v) is 3.20. The number of nitrogens with zero attached hydrogens (tertiary/aromatic N) is 1. The van der Waals surface area contributed by atoms with Crippen molar-refractivity contribution in [3.8, 4) is 5.75 Å². The number of nitrogens with two attached hydrogens (primary N) is 1. The first-order chi connectivity index (χ1) is 11.8. The first-order valence-corrected chi connectivity index (χ1v) is 7.45. The van der Waals surface area contributed by atoms with Gasteiger partial charge in [-0.05, 0) is 41.8 Å². The van der Waals surface area contributed by atoms with Crippen molar-refractivity contribution in [2.24, 2.45) is 10.7 Å². The average Bonchev–Trinajstić information content (AvgIpc) is 2.53. The molecular weight excluding hydrogens is 465 g/mol. The number of aliphatic imine (C=N–C) groups is 1. The Bertz CT molecular complexity index is 721. The second-order valence-electron chi connectivity index (χ2n) is 5.20. The zero-order valence-corrected chi connectivity index (χ0v) is 15.9. The number of rotatable bonds is 6. The Morgan fingerprint density at radius 3 is 2.38 bits per heavy atom. The summed E-state index contributed by atoms with van der Waals surface area (Å²) >= 11 is 0. The molecule has 0 heterocycles. The van der Waals surface area contributed by atoms with E-state index in [-0.39, 0.29) is 48.0 Å². The van der Waals surface area contributed by atoms with Crippen LogP contribution in [0.15, 0.2) is 53.5 Å². The van der Waals surface area contributed by atoms with Gasteiger partial charge in [-0.3, -0.25) is 0 Å². The van der Waals surface area contributed by atoms with Crippen molar-refractivity contribution in [3.63, 3.8) is 0 Å². The molecular formula is C17H18F4IN3O. The van der Waals surface area contributed by atoms with Gasteiger partial charge < -0.3 is 15.8 Å². The van der Waals surface area contributed by atoms with E-state index in [4.69, 9.17) is 5.73 Å². The van der Waals surface area contributed by atoms with E-state index in [0.717, 1.165) is 5.56 Å². The molecule has 142 valence electrons. The first-order valence-electron chi connectivity index (χ1n) is 7.45. The van der Waals surface area contributed by atoms with E-state index in [1.54, 1.807) is 6.07 Å². The molecule has 0 aliphatic rings. The van der Waals surface area contributed by atoms with Gasteiger partial charge >= 0.3 is 6.36 Å². The van der Waals surface area contributed by atoms with Crippen LogP contribution in [0.4, 0.5) is 17.6 Å². The van der Waals surface area contributed by atoms with E-state index < -0.39 is 6.36 Å². The van der Waals surface area contributed by atoms with Crippen molar-refractivity contribution in [1.82, 2.24) is 5.32 Å². The lowest BCUT2D eigenvalue weighted by atomic mass is 10.1. The van der Waals surface area contributed by atoms with Crippen LogP contribution < -0.4 is 15.8 Å². The van der Waals surface area contributed by atoms with Crippen LogP contribution in [0, 0.1) is 5.82 Å². The van der Waals surface area contributed by atoms with Crippen LogP contribution in [0.1, 0.15) is 11.1 Å². The second kappa shape index (κ2) is 10.2. The quantitative estimate of drug-likeness (QED) is 0.283. The summed E-state index contributed by atoms with van der Waals surface area (Å²) in [6, 6.07) is 11.6. The van der Waals surface area contributed by atoms with Crippen molar-refractivity contribution in [1.29, 1.82) is 0 Å². The molecule has 0 aromatic heterocycles. The zero-order chi connectivity index (χ0) is 18.3. The number of alkyl halides is 3. The van der Waals surface area contributed by atoms with Gasteiger partial charge in [-0.1, -0.05) is 24.3 Å². The molecule has 2 aromatic carbocycles. The highest BCUT2D eigenvalue weighted by Gasteiger charge is 2.30. The predicted molar refractivity (Wildman–Crippen MR) is 102 cm³/mol. The Labute approximate surface area is 165 Å². The van der Waals surface area contributed by atoms with Gasteiger partial charge in [-0.2, -0.15) is 0 Å². The standard InChI is InChI=1S/C17H17F4N3O.HI/c18-14-3-1-2-12(10-14)8-9-23-16(22)24-11-13-4-6-15(7-5-13)25-17(19,20)21;/h1-7,10H,8-9,11H2,(H3,22,23,24);1H. The van der Waals surface area contributed by atoms with Crippen molar-refractivity contribution in [3.05, 3.63) is 65.5 Å². The summed E-state index contributed by atoms with van der Waals surface area (Å²) in [5, 5.41) is 2.90. The molecule has 0 fully saturated rings. The lowest BCUT2D eigenvalue weighted by Gasteiger charge is -2.09. The minimum atomic E-state index is -4.71. The Balaban J connectivity index is 0.00000338. The normalized spacial score (nSPS) is 11.6. The van der Waals surface area contributed by atoms with Gasteiger partial charge in [0.2, 0.25) is 0 Å². The number of nitrogens with one attached hydrogen (secondary N) is 1. The molecule has 2 aromatic rings. The Kier molecular flexibility index (Phi) is 8.62. The molecule has 4 nitrogen and oxygen atoms in total. The van der Waals surface area contributed by atoms with Crippen LogP contribution in [0.3, 0.4) is 0 Å². The van der Waals surface area contributed by atoms with Crippen LogP contribution in [-0.4, -0.2) is 18.9 Å². The summed E-state index contributed by atoms with van der Waals surface area (Å²) in [5.74, 6) is -0.384. The zero-order valence-electron chi connectivity index (χ0n) is 13.6. The number of benzene rings is 2. The van der Waals surface area contributed by atoms with Gasteiger partial charge in [-0.25, -0.2) is 9.38 Å². The number of ether oxygens (including phenoxy) is 1. The van der Waals surface area contributed by atoms with Crippen molar-refractivity contribution >= 4 is 29.9 Å². The molecule has 0 atom stereocenters. The van der Waals surface area contributed by atoms with Gasteiger partial charge in [0.15, 0.2) is 5.96 Å². The van der Waals surface area contributed by atoms with Crippen molar-refractivity contribution in [2.75, 3.05) is 6.54 Å². The summed E-state index contributed by atoms with van der Waals surface area (Å²) in [6.45, 7) is 0.697. The van der Waals surface area contributed by atoms with E-state index in [0.29, 0.717) is 18.5 Å². The number of guanidine groups is 1. The van der Waals surface area contributed by atoms with Gasteiger partial charge in [-0.15, -0.1) is 37.1 Å². The maximum atomic E-state index is 13.0. The Hall–Kier alpha value is -2.04. The number of hydrogen-bond donors (Lipinski definition) is 2. The average molecular weight is 483 g/mol. The van der Waals surface area contributed by atoms with E-state index in [1.807, 2.05) is 6.07 Å². The highest BCUT2D eigenvalue weighted by atomic mass is 127. The molecule has 0 bridgehead atoms. The summed E-state index contributed by atoms with van der Waals surface area (Å²) in [7, 11) is 0. The smallest absolute Gasteiger partial charge is 0.406 e. The van der Waals surface area contributed by atoms with Crippen LogP contribution in [0.25, 0.3) is 0 Å². The minimum Gasteiger partial charge on any atom is -0.406 e. The van der Waals surface area contributed by atoms with Crippen molar-refractivity contribution < 1.29 is 22.3 Å². The van der Waals surface area contributed by atoms with Crippen LogP contribution >= 0.6 is 24.0 Å². The van der Waals surface area contributed by atoms with E-state index in [2.05, 4.69) is 15.0 Å². The maximum absolute atomic E-state index is 13.0. The molecule has 0 saturated carbocycles. The third kappa shape index (κ3) is 8.37. The molecule has 26 heavy (non-hydrogen) atoms. The molecule has 0 radical (unpaired) electrons. The third-order valence-electron chi connectivity index (χ3n) is 3.20. The highest BCUT2D eigenvalue weighted by molar-refractivity contribution is 14.0. The summed E-state index contributed by atoms with van der Waals surface area (Å²) in [4.78, 5) is 4.09. The number of halogens is 5. The molecule has 3 N–H and O–H groups in total. The summed E-state index contributed by atoms with van der Waals surface area (Å²) in [5.41, 5.74) is 7.24. The Morgan fingerprint density at radius 1 is 1.08 bits per heavy atom. The maximum Gasteiger partial charge on any atom is 0.573 e. The van der Waals surface area contributed by atoms with E-state index in [9.17, 15) is 17.6 Å². The fourth-order valence-corrected chi connectivity index (χ4v) is 2.06. The fourth-order valence-electron chi connectivity index (χ4n) is 2.06. The lowest BCUT2D eigenvalue weighted by Crippen LogP contribution is -2.33. The van der Waals surface area contributed by atoms with Crippen molar-refractivity contribution in [2.45, 2.75) is 19.3 Å². The largest absolute Gasteiger partial charge is 0.573 e. The SMILES string of the molecule is I.NC(=NCc1ccc(OC(F)(F)F)cc1)NCCc1cccc(F)c1.